The number of carbonyl (C=O) groups excluding carboxylic acids is 2. The number of methoxy groups -OCH3 is 1. The second-order valence-corrected chi connectivity index (χ2v) is 9.26. The Morgan fingerprint density at radius 2 is 2.25 bits per heavy atom. The van der Waals surface area contributed by atoms with E-state index in [9.17, 15) is 14.9 Å². The average molecular weight is 511 g/mol. The van der Waals surface area contributed by atoms with Gasteiger partial charge in [0.25, 0.3) is 0 Å². The van der Waals surface area contributed by atoms with E-state index in [0.29, 0.717) is 25.1 Å². The maximum atomic E-state index is 12.0. The fourth-order valence-electron chi connectivity index (χ4n) is 3.85. The number of amides is 1. The van der Waals surface area contributed by atoms with Crippen LogP contribution in [0.15, 0.2) is 35.0 Å². The molecule has 0 saturated carbocycles. The quantitative estimate of drug-likeness (QED) is 0.422. The van der Waals surface area contributed by atoms with Crippen molar-refractivity contribution in [2.24, 2.45) is 0 Å². The molecule has 1 aromatic carbocycles. The molecule has 0 aliphatic heterocycles. The first-order valence-corrected chi connectivity index (χ1v) is 12.4. The van der Waals surface area contributed by atoms with Crippen LogP contribution in [0, 0.1) is 18.3 Å². The number of aryl methyl sites for hydroxylation is 2. The molecule has 4 rings (SSSR count). The van der Waals surface area contributed by atoms with Crippen molar-refractivity contribution in [2.75, 3.05) is 19.5 Å². The molecule has 36 heavy (non-hydrogen) atoms. The lowest BCUT2D eigenvalue weighted by atomic mass is 9.94. The lowest BCUT2D eigenvalue weighted by Gasteiger charge is -2.22. The van der Waals surface area contributed by atoms with Gasteiger partial charge in [0.2, 0.25) is 0 Å². The van der Waals surface area contributed by atoms with E-state index in [1.165, 1.54) is 0 Å². The molecule has 1 aliphatic rings. The molecule has 0 bridgehead atoms. The third-order valence-electron chi connectivity index (χ3n) is 5.79. The summed E-state index contributed by atoms with van der Waals surface area (Å²) in [5.74, 6) is 1.53. The van der Waals surface area contributed by atoms with Crippen LogP contribution in [-0.2, 0) is 35.3 Å². The zero-order valence-electron chi connectivity index (χ0n) is 20.6. The summed E-state index contributed by atoms with van der Waals surface area (Å²) in [4.78, 5) is 23.2. The van der Waals surface area contributed by atoms with E-state index in [1.54, 1.807) is 31.6 Å². The second kappa shape index (κ2) is 13.3. The number of aromatic nitrogens is 1. The molecule has 1 amide bonds. The maximum Gasteiger partial charge on any atom is 0.407 e. The Morgan fingerprint density at radius 1 is 1.42 bits per heavy atom. The zero-order chi connectivity index (χ0) is 25.9. The van der Waals surface area contributed by atoms with E-state index < -0.39 is 6.09 Å². The van der Waals surface area contributed by atoms with Crippen LogP contribution in [0.5, 0.6) is 5.75 Å². The lowest BCUT2D eigenvalue weighted by molar-refractivity contribution is -0.107. The van der Waals surface area contributed by atoms with E-state index in [-0.39, 0.29) is 6.10 Å². The van der Waals surface area contributed by atoms with Crippen LogP contribution in [0.3, 0.4) is 0 Å². The van der Waals surface area contributed by atoms with Gasteiger partial charge in [-0.25, -0.2) is 4.79 Å². The minimum atomic E-state index is -0.449. The molecular formula is C26H30N4O5S. The largest absolute Gasteiger partial charge is 0.497 e. The number of fused-ring (bicyclic) bond motifs is 1. The average Bonchev–Trinajstić information content (AvgIpc) is 3.48. The van der Waals surface area contributed by atoms with E-state index in [4.69, 9.17) is 14.0 Å². The van der Waals surface area contributed by atoms with Crippen molar-refractivity contribution in [1.29, 1.82) is 5.26 Å². The molecular weight excluding hydrogens is 480 g/mol. The Labute approximate surface area is 214 Å². The SMILES string of the molecule is CNc1sc2c(c1C#N)CCC(OC(=O)NCc1cnoc1C)C2.COc1cccc(CCC=O)c1. The summed E-state index contributed by atoms with van der Waals surface area (Å²) in [6, 6.07) is 10.0. The highest BCUT2D eigenvalue weighted by molar-refractivity contribution is 7.16. The summed E-state index contributed by atoms with van der Waals surface area (Å²) in [7, 11) is 3.45. The molecule has 3 aromatic rings. The fourth-order valence-corrected chi connectivity index (χ4v) is 5.07. The Morgan fingerprint density at radius 3 is 2.92 bits per heavy atom. The van der Waals surface area contributed by atoms with Gasteiger partial charge >= 0.3 is 6.09 Å². The number of benzene rings is 1. The highest BCUT2D eigenvalue weighted by atomic mass is 32.1. The van der Waals surface area contributed by atoms with Crippen LogP contribution in [-0.4, -0.2) is 37.8 Å². The second-order valence-electron chi connectivity index (χ2n) is 8.16. The first-order valence-electron chi connectivity index (χ1n) is 11.6. The third-order valence-corrected chi connectivity index (χ3v) is 7.06. The number of alkyl carbamates (subject to hydrolysis) is 1. The molecule has 0 saturated heterocycles. The number of nitrogens with zero attached hydrogens (tertiary/aromatic N) is 2. The number of aldehydes is 1. The monoisotopic (exact) mass is 510 g/mol. The summed E-state index contributed by atoms with van der Waals surface area (Å²) >= 11 is 1.56. The number of nitrogens with one attached hydrogen (secondary N) is 2. The van der Waals surface area contributed by atoms with Crippen molar-refractivity contribution in [2.45, 2.75) is 51.7 Å². The smallest absolute Gasteiger partial charge is 0.407 e. The number of rotatable bonds is 8. The van der Waals surface area contributed by atoms with Crippen molar-refractivity contribution in [3.05, 3.63) is 63.4 Å². The molecule has 2 aromatic heterocycles. The number of carbonyl (C=O) groups is 2. The van der Waals surface area contributed by atoms with Gasteiger partial charge in [-0.1, -0.05) is 17.3 Å². The molecule has 9 nitrogen and oxygen atoms in total. The van der Waals surface area contributed by atoms with Crippen LogP contribution in [0.25, 0.3) is 0 Å². The molecule has 1 unspecified atom stereocenters. The van der Waals surface area contributed by atoms with E-state index >= 15 is 0 Å². The van der Waals surface area contributed by atoms with Crippen molar-refractivity contribution >= 4 is 28.7 Å². The van der Waals surface area contributed by atoms with Gasteiger partial charge < -0.3 is 29.4 Å². The van der Waals surface area contributed by atoms with Gasteiger partial charge in [0.15, 0.2) is 0 Å². The molecule has 0 spiro atoms. The van der Waals surface area contributed by atoms with Crippen molar-refractivity contribution in [1.82, 2.24) is 10.5 Å². The maximum absolute atomic E-state index is 12.0. The highest BCUT2D eigenvalue weighted by Gasteiger charge is 2.27. The molecule has 1 aliphatic carbocycles. The number of thiophene rings is 1. The molecule has 2 N–H and O–H groups in total. The predicted octanol–water partition coefficient (Wildman–Crippen LogP) is 4.57. The van der Waals surface area contributed by atoms with Gasteiger partial charge in [0, 0.05) is 30.3 Å². The fraction of sp³-hybridized carbons (Fsp3) is 0.385. The van der Waals surface area contributed by atoms with Gasteiger partial charge in [-0.05, 0) is 49.4 Å². The van der Waals surface area contributed by atoms with Crippen molar-refractivity contribution < 1.29 is 23.6 Å². The van der Waals surface area contributed by atoms with Crippen LogP contribution in [0.1, 0.15) is 45.7 Å². The van der Waals surface area contributed by atoms with E-state index in [2.05, 4.69) is 21.9 Å². The molecule has 0 radical (unpaired) electrons. The van der Waals surface area contributed by atoms with Gasteiger partial charge in [0.1, 0.15) is 35.0 Å². The third kappa shape index (κ3) is 7.09. The topological polar surface area (TPSA) is 126 Å². The number of anilines is 1. The summed E-state index contributed by atoms with van der Waals surface area (Å²) in [6.45, 7) is 2.12. The number of nitriles is 1. The van der Waals surface area contributed by atoms with Crippen LogP contribution in [0.2, 0.25) is 0 Å². The van der Waals surface area contributed by atoms with Crippen molar-refractivity contribution in [3.8, 4) is 11.8 Å². The van der Waals surface area contributed by atoms with E-state index in [0.717, 1.165) is 63.4 Å². The van der Waals surface area contributed by atoms with Crippen LogP contribution >= 0.6 is 11.3 Å². The van der Waals surface area contributed by atoms with E-state index in [1.807, 2.05) is 31.3 Å². The zero-order valence-corrected chi connectivity index (χ0v) is 21.4. The van der Waals surface area contributed by atoms with Crippen molar-refractivity contribution in [3.63, 3.8) is 0 Å². The van der Waals surface area contributed by atoms with Gasteiger partial charge in [-0.3, -0.25) is 0 Å². The predicted molar refractivity (Wildman–Crippen MR) is 136 cm³/mol. The Bertz CT molecular complexity index is 1210. The van der Waals surface area contributed by atoms with Crippen LogP contribution in [0.4, 0.5) is 9.80 Å². The minimum Gasteiger partial charge on any atom is -0.497 e. The Hall–Kier alpha value is -3.84. The molecule has 1 atom stereocenters. The Balaban J connectivity index is 0.000000253. The summed E-state index contributed by atoms with van der Waals surface area (Å²) in [6.07, 6.45) is 5.38. The van der Waals surface area contributed by atoms with Crippen LogP contribution < -0.4 is 15.4 Å². The molecule has 0 fully saturated rings. The first-order chi connectivity index (χ1) is 17.5. The van der Waals surface area contributed by atoms with Gasteiger partial charge in [0.05, 0.1) is 25.4 Å². The first kappa shape index (κ1) is 26.8. The minimum absolute atomic E-state index is 0.170. The molecule has 10 heteroatoms. The molecule has 2 heterocycles. The molecule has 190 valence electrons. The highest BCUT2D eigenvalue weighted by Crippen LogP contribution is 2.38. The summed E-state index contributed by atoms with van der Waals surface area (Å²) < 4.78 is 15.5. The van der Waals surface area contributed by atoms with Gasteiger partial charge in [-0.2, -0.15) is 5.26 Å². The summed E-state index contributed by atoms with van der Waals surface area (Å²) in [5.41, 5.74) is 3.78. The van der Waals surface area contributed by atoms with Gasteiger partial charge in [-0.15, -0.1) is 11.3 Å². The Kier molecular flexibility index (Phi) is 9.89. The summed E-state index contributed by atoms with van der Waals surface area (Å²) in [5, 5.41) is 19.6. The standard InChI is InChI=1S/C16H18N4O3S.C10H12O2/c1-9-10(8-20-23-9)7-19-16(21)22-11-3-4-12-13(6-17)15(18-2)24-14(12)5-11;1-12-10-6-2-4-9(8-10)5-3-7-11/h8,11,18H,3-5,7H2,1-2H3,(H,19,21);2,4,6-8H,3,5H2,1H3. The number of hydrogen-bond donors (Lipinski definition) is 2. The number of ether oxygens (including phenoxy) is 2. The lowest BCUT2D eigenvalue weighted by Crippen LogP contribution is -2.31. The number of hydrogen-bond acceptors (Lipinski definition) is 9. The normalized spacial score (nSPS) is 13.9.